The SMILES string of the molecule is Cc1cc2cc(C(C)C)cc(C(=O)O)c2n1C(C)C. The molecule has 0 atom stereocenters. The van der Waals surface area contributed by atoms with Crippen molar-refractivity contribution in [3.8, 4) is 0 Å². The van der Waals surface area contributed by atoms with Crippen molar-refractivity contribution in [2.45, 2.75) is 46.6 Å². The van der Waals surface area contributed by atoms with Crippen molar-refractivity contribution >= 4 is 16.9 Å². The van der Waals surface area contributed by atoms with Crippen LogP contribution < -0.4 is 0 Å². The maximum atomic E-state index is 11.6. The predicted molar refractivity (Wildman–Crippen MR) is 78.1 cm³/mol. The lowest BCUT2D eigenvalue weighted by Crippen LogP contribution is -2.08. The number of nitrogens with zero attached hydrogens (tertiary/aromatic N) is 1. The minimum atomic E-state index is -0.854. The van der Waals surface area contributed by atoms with Gasteiger partial charge in [0.1, 0.15) is 0 Å². The van der Waals surface area contributed by atoms with E-state index in [4.69, 9.17) is 0 Å². The van der Waals surface area contributed by atoms with Gasteiger partial charge in [0.05, 0.1) is 11.1 Å². The van der Waals surface area contributed by atoms with Gasteiger partial charge in [0.2, 0.25) is 0 Å². The zero-order chi connectivity index (χ0) is 14.3. The van der Waals surface area contributed by atoms with Crippen LogP contribution in [0.15, 0.2) is 18.2 Å². The van der Waals surface area contributed by atoms with Gasteiger partial charge >= 0.3 is 5.97 Å². The number of carbonyl (C=O) groups is 1. The number of aromatic carboxylic acids is 1. The van der Waals surface area contributed by atoms with Crippen molar-refractivity contribution in [2.75, 3.05) is 0 Å². The summed E-state index contributed by atoms with van der Waals surface area (Å²) in [6.07, 6.45) is 0. The third-order valence-corrected chi connectivity index (χ3v) is 3.56. The van der Waals surface area contributed by atoms with Gasteiger partial charge in [0.25, 0.3) is 0 Å². The van der Waals surface area contributed by atoms with E-state index in [2.05, 4.69) is 44.4 Å². The predicted octanol–water partition coefficient (Wildman–Crippen LogP) is 4.35. The highest BCUT2D eigenvalue weighted by atomic mass is 16.4. The Bertz CT molecular complexity index is 636. The molecule has 0 radical (unpaired) electrons. The highest BCUT2D eigenvalue weighted by molar-refractivity contribution is 6.03. The highest BCUT2D eigenvalue weighted by Crippen LogP contribution is 2.30. The van der Waals surface area contributed by atoms with Gasteiger partial charge < -0.3 is 9.67 Å². The van der Waals surface area contributed by atoms with E-state index in [-0.39, 0.29) is 6.04 Å². The van der Waals surface area contributed by atoms with E-state index < -0.39 is 5.97 Å². The molecule has 0 amide bonds. The first-order chi connectivity index (χ1) is 8.82. The molecule has 1 N–H and O–H groups in total. The van der Waals surface area contributed by atoms with E-state index in [0.717, 1.165) is 22.2 Å². The number of fused-ring (bicyclic) bond motifs is 1. The molecule has 3 heteroatoms. The second kappa shape index (κ2) is 4.72. The number of hydrogen-bond acceptors (Lipinski definition) is 1. The second-order valence-electron chi connectivity index (χ2n) is 5.72. The number of rotatable bonds is 3. The lowest BCUT2D eigenvalue weighted by atomic mass is 9.98. The first-order valence-corrected chi connectivity index (χ1v) is 6.71. The van der Waals surface area contributed by atoms with Crippen LogP contribution in [0.5, 0.6) is 0 Å². The van der Waals surface area contributed by atoms with Crippen molar-refractivity contribution in [1.82, 2.24) is 4.57 Å². The fourth-order valence-corrected chi connectivity index (χ4v) is 2.69. The lowest BCUT2D eigenvalue weighted by Gasteiger charge is -2.15. The van der Waals surface area contributed by atoms with Crippen LogP contribution in [0.4, 0.5) is 0 Å². The molecule has 0 bridgehead atoms. The Kier molecular flexibility index (Phi) is 3.40. The van der Waals surface area contributed by atoms with Gasteiger partial charge in [-0.3, -0.25) is 0 Å². The Balaban J connectivity index is 2.88. The van der Waals surface area contributed by atoms with E-state index in [1.807, 2.05) is 13.0 Å². The minimum absolute atomic E-state index is 0.250. The first kappa shape index (κ1) is 13.7. The average molecular weight is 259 g/mol. The zero-order valence-corrected chi connectivity index (χ0v) is 12.2. The van der Waals surface area contributed by atoms with E-state index in [0.29, 0.717) is 11.5 Å². The molecule has 1 aromatic carbocycles. The molecule has 19 heavy (non-hydrogen) atoms. The molecule has 2 rings (SSSR count). The van der Waals surface area contributed by atoms with Gasteiger partial charge in [-0.05, 0) is 50.5 Å². The maximum absolute atomic E-state index is 11.6. The third kappa shape index (κ3) is 2.25. The molecular formula is C16H21NO2. The number of carboxylic acid groups (broad SMARTS) is 1. The summed E-state index contributed by atoms with van der Waals surface area (Å²) in [5, 5.41) is 10.5. The van der Waals surface area contributed by atoms with Crippen molar-refractivity contribution in [3.05, 3.63) is 35.0 Å². The summed E-state index contributed by atoms with van der Waals surface area (Å²) in [5.41, 5.74) is 3.42. The smallest absolute Gasteiger partial charge is 0.337 e. The van der Waals surface area contributed by atoms with E-state index in [1.54, 1.807) is 0 Å². The Hall–Kier alpha value is -1.77. The van der Waals surface area contributed by atoms with E-state index in [9.17, 15) is 9.90 Å². The fourth-order valence-electron chi connectivity index (χ4n) is 2.69. The van der Waals surface area contributed by atoms with Crippen molar-refractivity contribution < 1.29 is 9.90 Å². The standard InChI is InChI=1S/C16H21NO2/c1-9(2)12-7-13-6-11(5)17(10(3)4)15(13)14(8-12)16(18)19/h6-10H,1-5H3,(H,18,19). The number of hydrogen-bond donors (Lipinski definition) is 1. The Morgan fingerprint density at radius 2 is 1.79 bits per heavy atom. The summed E-state index contributed by atoms with van der Waals surface area (Å²) in [4.78, 5) is 11.6. The molecule has 102 valence electrons. The van der Waals surface area contributed by atoms with Gasteiger partial charge in [0, 0.05) is 17.1 Å². The largest absolute Gasteiger partial charge is 0.478 e. The van der Waals surface area contributed by atoms with Crippen molar-refractivity contribution in [2.24, 2.45) is 0 Å². The lowest BCUT2D eigenvalue weighted by molar-refractivity contribution is 0.0698. The Morgan fingerprint density at radius 1 is 1.16 bits per heavy atom. The van der Waals surface area contributed by atoms with Gasteiger partial charge in [-0.1, -0.05) is 13.8 Å². The van der Waals surface area contributed by atoms with Crippen LogP contribution in [0.25, 0.3) is 10.9 Å². The number of aromatic nitrogens is 1. The molecule has 0 fully saturated rings. The summed E-state index contributed by atoms with van der Waals surface area (Å²) >= 11 is 0. The molecule has 3 nitrogen and oxygen atoms in total. The number of aryl methyl sites for hydroxylation is 1. The zero-order valence-electron chi connectivity index (χ0n) is 12.2. The Labute approximate surface area is 113 Å². The van der Waals surface area contributed by atoms with E-state index >= 15 is 0 Å². The summed E-state index contributed by atoms with van der Waals surface area (Å²) < 4.78 is 2.10. The molecule has 0 saturated heterocycles. The molecule has 0 saturated carbocycles. The molecule has 1 aromatic heterocycles. The van der Waals surface area contributed by atoms with Crippen LogP contribution in [-0.4, -0.2) is 15.6 Å². The van der Waals surface area contributed by atoms with Crippen LogP contribution in [0.1, 0.15) is 61.3 Å². The van der Waals surface area contributed by atoms with Crippen LogP contribution in [0.3, 0.4) is 0 Å². The summed E-state index contributed by atoms with van der Waals surface area (Å²) in [6.45, 7) is 10.3. The molecule has 0 spiro atoms. The topological polar surface area (TPSA) is 42.2 Å². The number of benzene rings is 1. The van der Waals surface area contributed by atoms with Crippen LogP contribution in [0.2, 0.25) is 0 Å². The van der Waals surface area contributed by atoms with Crippen LogP contribution >= 0.6 is 0 Å². The highest BCUT2D eigenvalue weighted by Gasteiger charge is 2.18. The van der Waals surface area contributed by atoms with Gasteiger partial charge in [-0.25, -0.2) is 4.79 Å². The molecule has 0 aliphatic heterocycles. The molecule has 0 aliphatic rings. The second-order valence-corrected chi connectivity index (χ2v) is 5.72. The normalized spacial score (nSPS) is 11.7. The third-order valence-electron chi connectivity index (χ3n) is 3.56. The quantitative estimate of drug-likeness (QED) is 0.890. The van der Waals surface area contributed by atoms with Crippen molar-refractivity contribution in [1.29, 1.82) is 0 Å². The molecule has 2 aromatic rings. The summed E-state index contributed by atoms with van der Waals surface area (Å²) in [7, 11) is 0. The molecule has 0 aliphatic carbocycles. The van der Waals surface area contributed by atoms with Gasteiger partial charge in [-0.2, -0.15) is 0 Å². The molecular weight excluding hydrogens is 238 g/mol. The minimum Gasteiger partial charge on any atom is -0.478 e. The van der Waals surface area contributed by atoms with Crippen molar-refractivity contribution in [3.63, 3.8) is 0 Å². The maximum Gasteiger partial charge on any atom is 0.337 e. The Morgan fingerprint density at radius 3 is 2.26 bits per heavy atom. The fraction of sp³-hybridized carbons (Fsp3) is 0.438. The first-order valence-electron chi connectivity index (χ1n) is 6.71. The summed E-state index contributed by atoms with van der Waals surface area (Å²) in [5.74, 6) is -0.530. The molecule has 1 heterocycles. The summed E-state index contributed by atoms with van der Waals surface area (Å²) in [6, 6.07) is 6.25. The number of carboxylic acids is 1. The monoisotopic (exact) mass is 259 g/mol. The van der Waals surface area contributed by atoms with E-state index in [1.165, 1.54) is 0 Å². The van der Waals surface area contributed by atoms with Crippen LogP contribution in [0, 0.1) is 6.92 Å². The van der Waals surface area contributed by atoms with Gasteiger partial charge in [0.15, 0.2) is 0 Å². The molecule has 0 unspecified atom stereocenters. The van der Waals surface area contributed by atoms with Crippen LogP contribution in [-0.2, 0) is 0 Å². The van der Waals surface area contributed by atoms with Gasteiger partial charge in [-0.15, -0.1) is 0 Å². The average Bonchev–Trinajstić information content (AvgIpc) is 2.62.